The summed E-state index contributed by atoms with van der Waals surface area (Å²) in [5, 5.41) is 3.57. The summed E-state index contributed by atoms with van der Waals surface area (Å²) in [6.07, 6.45) is 5.76. The molecule has 2 aliphatic rings. The summed E-state index contributed by atoms with van der Waals surface area (Å²) in [5.41, 5.74) is 0.625. The van der Waals surface area contributed by atoms with Gasteiger partial charge < -0.3 is 5.32 Å². The Morgan fingerprint density at radius 3 is 2.33 bits per heavy atom. The number of hydrogen-bond donors (Lipinski definition) is 1. The van der Waals surface area contributed by atoms with Gasteiger partial charge in [-0.2, -0.15) is 0 Å². The number of hydrogen-bond acceptors (Lipinski definition) is 1. The van der Waals surface area contributed by atoms with Crippen molar-refractivity contribution in [3.8, 4) is 0 Å². The highest BCUT2D eigenvalue weighted by Crippen LogP contribution is 2.46. The maximum Gasteiger partial charge on any atom is 0.0219 e. The molecular weight excluding hydrogens is 110 g/mol. The fourth-order valence-electron chi connectivity index (χ4n) is 2.02. The molecule has 0 spiro atoms. The molecule has 1 aliphatic heterocycles. The lowest BCUT2D eigenvalue weighted by Crippen LogP contribution is -2.58. The van der Waals surface area contributed by atoms with E-state index in [-0.39, 0.29) is 0 Å². The summed E-state index contributed by atoms with van der Waals surface area (Å²) in [7, 11) is 0. The van der Waals surface area contributed by atoms with E-state index in [4.69, 9.17) is 0 Å². The molecule has 1 unspecified atom stereocenters. The van der Waals surface area contributed by atoms with Crippen molar-refractivity contribution in [1.29, 1.82) is 0 Å². The second-order valence-electron chi connectivity index (χ2n) is 3.46. The van der Waals surface area contributed by atoms with Crippen LogP contribution in [0.3, 0.4) is 0 Å². The predicted molar refractivity (Wildman–Crippen MR) is 38.4 cm³/mol. The predicted octanol–water partition coefficient (Wildman–Crippen LogP) is 1.54. The van der Waals surface area contributed by atoms with Crippen molar-refractivity contribution >= 4 is 0 Å². The van der Waals surface area contributed by atoms with E-state index in [1.165, 1.54) is 32.2 Å². The first-order valence-corrected chi connectivity index (χ1v) is 4.12. The zero-order valence-corrected chi connectivity index (χ0v) is 6.11. The third kappa shape index (κ3) is 0.710. The molecule has 1 atom stereocenters. The Hall–Kier alpha value is -0.0400. The van der Waals surface area contributed by atoms with Gasteiger partial charge in [0.2, 0.25) is 0 Å². The van der Waals surface area contributed by atoms with Gasteiger partial charge in [0, 0.05) is 5.54 Å². The van der Waals surface area contributed by atoms with Crippen molar-refractivity contribution < 1.29 is 0 Å². The molecular formula is C8H15N. The van der Waals surface area contributed by atoms with Crippen LogP contribution in [-0.4, -0.2) is 12.1 Å². The average Bonchev–Trinajstić information content (AvgIpc) is 2.47. The summed E-state index contributed by atoms with van der Waals surface area (Å²) >= 11 is 0. The lowest BCUT2D eigenvalue weighted by molar-refractivity contribution is 0.167. The summed E-state index contributed by atoms with van der Waals surface area (Å²) in [4.78, 5) is 0. The Labute approximate surface area is 56.8 Å². The Kier molecular flexibility index (Phi) is 1.10. The third-order valence-electron chi connectivity index (χ3n) is 3.04. The molecule has 52 valence electrons. The van der Waals surface area contributed by atoms with Gasteiger partial charge in [0.1, 0.15) is 0 Å². The molecule has 1 heteroatoms. The molecule has 2 rings (SSSR count). The van der Waals surface area contributed by atoms with Crippen molar-refractivity contribution in [1.82, 2.24) is 5.32 Å². The SMILES string of the molecule is CCC1(C2CC2)CCN1. The highest BCUT2D eigenvalue weighted by Gasteiger charge is 2.47. The van der Waals surface area contributed by atoms with Crippen molar-refractivity contribution in [3.63, 3.8) is 0 Å². The van der Waals surface area contributed by atoms with E-state index in [9.17, 15) is 0 Å². The second-order valence-corrected chi connectivity index (χ2v) is 3.46. The maximum absolute atomic E-state index is 3.57. The Morgan fingerprint density at radius 2 is 2.22 bits per heavy atom. The van der Waals surface area contributed by atoms with Crippen molar-refractivity contribution in [3.05, 3.63) is 0 Å². The van der Waals surface area contributed by atoms with Crippen LogP contribution in [-0.2, 0) is 0 Å². The zero-order chi connectivity index (χ0) is 6.32. The minimum Gasteiger partial charge on any atom is -0.311 e. The fraction of sp³-hybridized carbons (Fsp3) is 1.00. The quantitative estimate of drug-likeness (QED) is 0.590. The van der Waals surface area contributed by atoms with Crippen LogP contribution < -0.4 is 5.32 Å². The maximum atomic E-state index is 3.57. The van der Waals surface area contributed by atoms with Crippen LogP contribution in [0.4, 0.5) is 0 Å². The van der Waals surface area contributed by atoms with Crippen LogP contribution in [0.5, 0.6) is 0 Å². The van der Waals surface area contributed by atoms with Gasteiger partial charge in [-0.3, -0.25) is 0 Å². The van der Waals surface area contributed by atoms with Crippen LogP contribution in [0.2, 0.25) is 0 Å². The lowest BCUT2D eigenvalue weighted by atomic mass is 9.81. The first-order chi connectivity index (χ1) is 4.37. The zero-order valence-electron chi connectivity index (χ0n) is 6.11. The molecule has 0 radical (unpaired) electrons. The van der Waals surface area contributed by atoms with Gasteiger partial charge >= 0.3 is 0 Å². The second kappa shape index (κ2) is 1.72. The minimum atomic E-state index is 0.625. The van der Waals surface area contributed by atoms with E-state index in [2.05, 4.69) is 12.2 Å². The standard InChI is InChI=1S/C8H15N/c1-2-8(5-6-9-8)7-3-4-7/h7,9H,2-6H2,1H3. The Morgan fingerprint density at radius 1 is 1.56 bits per heavy atom. The Bertz CT molecular complexity index is 106. The summed E-state index contributed by atoms with van der Waals surface area (Å²) in [5.74, 6) is 1.05. The van der Waals surface area contributed by atoms with Crippen molar-refractivity contribution in [2.45, 2.75) is 38.1 Å². The van der Waals surface area contributed by atoms with E-state index in [0.29, 0.717) is 5.54 Å². The van der Waals surface area contributed by atoms with Crippen molar-refractivity contribution in [2.75, 3.05) is 6.54 Å². The molecule has 1 nitrogen and oxygen atoms in total. The van der Waals surface area contributed by atoms with Crippen LogP contribution >= 0.6 is 0 Å². The minimum absolute atomic E-state index is 0.625. The fourth-order valence-corrected chi connectivity index (χ4v) is 2.02. The van der Waals surface area contributed by atoms with E-state index in [1.54, 1.807) is 0 Å². The molecule has 2 fully saturated rings. The van der Waals surface area contributed by atoms with E-state index in [0.717, 1.165) is 5.92 Å². The molecule has 0 aromatic heterocycles. The molecule has 0 aromatic carbocycles. The van der Waals surface area contributed by atoms with Gasteiger partial charge in [-0.1, -0.05) is 6.92 Å². The molecule has 0 amide bonds. The largest absolute Gasteiger partial charge is 0.311 e. The van der Waals surface area contributed by atoms with Crippen LogP contribution in [0.15, 0.2) is 0 Å². The molecule has 0 aromatic rings. The summed E-state index contributed by atoms with van der Waals surface area (Å²) < 4.78 is 0. The number of rotatable bonds is 2. The Balaban J connectivity index is 1.99. The van der Waals surface area contributed by atoms with E-state index < -0.39 is 0 Å². The van der Waals surface area contributed by atoms with Crippen molar-refractivity contribution in [2.24, 2.45) is 5.92 Å². The van der Waals surface area contributed by atoms with E-state index in [1.807, 2.05) is 0 Å². The first kappa shape index (κ1) is 5.72. The van der Waals surface area contributed by atoms with Gasteiger partial charge in [-0.25, -0.2) is 0 Å². The molecule has 9 heavy (non-hydrogen) atoms. The monoisotopic (exact) mass is 125 g/mol. The van der Waals surface area contributed by atoms with Gasteiger partial charge in [0.05, 0.1) is 0 Å². The molecule has 1 heterocycles. The van der Waals surface area contributed by atoms with Gasteiger partial charge in [0.15, 0.2) is 0 Å². The molecule has 1 aliphatic carbocycles. The van der Waals surface area contributed by atoms with Crippen LogP contribution in [0, 0.1) is 5.92 Å². The van der Waals surface area contributed by atoms with Gasteiger partial charge in [0.25, 0.3) is 0 Å². The van der Waals surface area contributed by atoms with Crippen LogP contribution in [0.25, 0.3) is 0 Å². The number of nitrogens with one attached hydrogen (secondary N) is 1. The highest BCUT2D eigenvalue weighted by molar-refractivity contribution is 5.05. The topological polar surface area (TPSA) is 12.0 Å². The van der Waals surface area contributed by atoms with E-state index >= 15 is 0 Å². The molecule has 1 N–H and O–H groups in total. The summed E-state index contributed by atoms with van der Waals surface area (Å²) in [6.45, 7) is 3.58. The third-order valence-corrected chi connectivity index (χ3v) is 3.04. The first-order valence-electron chi connectivity index (χ1n) is 4.12. The summed E-state index contributed by atoms with van der Waals surface area (Å²) in [6, 6.07) is 0. The average molecular weight is 125 g/mol. The van der Waals surface area contributed by atoms with Gasteiger partial charge in [-0.15, -0.1) is 0 Å². The molecule has 0 bridgehead atoms. The molecule has 1 saturated carbocycles. The highest BCUT2D eigenvalue weighted by atomic mass is 15.1. The smallest absolute Gasteiger partial charge is 0.0219 e. The van der Waals surface area contributed by atoms with Crippen LogP contribution in [0.1, 0.15) is 32.6 Å². The molecule has 1 saturated heterocycles. The van der Waals surface area contributed by atoms with Gasteiger partial charge in [-0.05, 0) is 38.1 Å². The lowest BCUT2D eigenvalue weighted by Gasteiger charge is -2.43. The normalized spacial score (nSPS) is 42.3.